The number of aromatic nitrogens is 1. The van der Waals surface area contributed by atoms with Crippen LogP contribution in [0.1, 0.15) is 18.1 Å². The topological polar surface area (TPSA) is 115 Å². The largest absolute Gasteiger partial charge is 0.276 e. The molecule has 0 aliphatic rings. The lowest BCUT2D eigenvalue weighted by atomic mass is 10.2. The number of hydrogen-bond donors (Lipinski definition) is 1. The quantitative estimate of drug-likeness (QED) is 0.510. The number of hydrogen-bond acceptors (Lipinski definition) is 6. The van der Waals surface area contributed by atoms with Gasteiger partial charge in [-0.25, -0.2) is 0 Å². The Morgan fingerprint density at radius 3 is 2.52 bits per heavy atom. The Morgan fingerprint density at radius 1 is 1.26 bits per heavy atom. The molecular weight excluding hydrogens is 320 g/mol. The zero-order chi connectivity index (χ0) is 17.0. The van der Waals surface area contributed by atoms with E-state index in [0.717, 1.165) is 6.07 Å². The molecule has 0 aliphatic carbocycles. The maximum Gasteiger partial charge on any atom is 0.276 e. The number of nitro benzene ring substituents is 1. The Morgan fingerprint density at radius 2 is 1.91 bits per heavy atom. The van der Waals surface area contributed by atoms with Gasteiger partial charge in [-0.05, 0) is 32.0 Å². The lowest BCUT2D eigenvalue weighted by molar-refractivity contribution is -0.385. The third-order valence-corrected chi connectivity index (χ3v) is 4.33. The molecule has 120 valence electrons. The summed E-state index contributed by atoms with van der Waals surface area (Å²) in [6, 6.07) is 7.05. The number of nitrogens with one attached hydrogen (secondary N) is 1. The normalized spacial score (nSPS) is 12.0. The molecule has 0 atom stereocenters. The predicted molar refractivity (Wildman–Crippen MR) is 84.6 cm³/mol. The van der Waals surface area contributed by atoms with Gasteiger partial charge in [0.15, 0.2) is 0 Å². The van der Waals surface area contributed by atoms with E-state index >= 15 is 0 Å². The van der Waals surface area contributed by atoms with Gasteiger partial charge in [0, 0.05) is 29.6 Å². The van der Waals surface area contributed by atoms with Gasteiger partial charge >= 0.3 is 0 Å². The highest BCUT2D eigenvalue weighted by Gasteiger charge is 2.19. The average Bonchev–Trinajstić information content (AvgIpc) is 2.53. The first kappa shape index (κ1) is 16.6. The Labute approximate surface area is 133 Å². The Kier molecular flexibility index (Phi) is 4.70. The van der Waals surface area contributed by atoms with Crippen LogP contribution >= 0.6 is 0 Å². The third kappa shape index (κ3) is 3.89. The maximum absolute atomic E-state index is 12.2. The molecule has 9 heteroatoms. The molecule has 1 aromatic carbocycles. The van der Waals surface area contributed by atoms with E-state index in [1.807, 2.05) is 0 Å². The summed E-state index contributed by atoms with van der Waals surface area (Å²) in [7, 11) is -3.99. The van der Waals surface area contributed by atoms with E-state index in [2.05, 4.69) is 14.9 Å². The van der Waals surface area contributed by atoms with Crippen molar-refractivity contribution in [3.8, 4) is 0 Å². The molecule has 0 amide bonds. The van der Waals surface area contributed by atoms with Crippen LogP contribution in [0.25, 0.3) is 0 Å². The smallest absolute Gasteiger partial charge is 0.265 e. The van der Waals surface area contributed by atoms with Gasteiger partial charge in [-0.15, -0.1) is 0 Å². The second kappa shape index (κ2) is 6.53. The summed E-state index contributed by atoms with van der Waals surface area (Å²) < 4.78 is 24.4. The zero-order valence-electron chi connectivity index (χ0n) is 12.4. The summed E-state index contributed by atoms with van der Waals surface area (Å²) in [4.78, 5) is 16.0. The number of benzene rings is 1. The first-order valence-corrected chi connectivity index (χ1v) is 8.01. The van der Waals surface area contributed by atoms with Crippen LogP contribution in [0.4, 0.5) is 5.69 Å². The highest BCUT2D eigenvalue weighted by Crippen LogP contribution is 2.22. The molecule has 8 nitrogen and oxygen atoms in total. The van der Waals surface area contributed by atoms with Gasteiger partial charge in [-0.3, -0.25) is 15.1 Å². The Bertz CT molecular complexity index is 864. The molecule has 1 heterocycles. The minimum atomic E-state index is -3.99. The molecular formula is C14H14N4O4S. The minimum absolute atomic E-state index is 0.221. The SMILES string of the molecule is C/C(=N/NS(=O)(=O)c1ccc(C)c([N+](=O)[O-])c1)c1ccncc1. The van der Waals surface area contributed by atoms with Crippen molar-refractivity contribution < 1.29 is 13.3 Å². The van der Waals surface area contributed by atoms with Crippen molar-refractivity contribution in [3.63, 3.8) is 0 Å². The van der Waals surface area contributed by atoms with Crippen LogP contribution in [0.15, 0.2) is 52.7 Å². The van der Waals surface area contributed by atoms with E-state index < -0.39 is 14.9 Å². The van der Waals surface area contributed by atoms with Crippen LogP contribution in [0.2, 0.25) is 0 Å². The van der Waals surface area contributed by atoms with E-state index in [4.69, 9.17) is 0 Å². The van der Waals surface area contributed by atoms with Crippen molar-refractivity contribution >= 4 is 21.4 Å². The van der Waals surface area contributed by atoms with E-state index in [0.29, 0.717) is 16.8 Å². The van der Waals surface area contributed by atoms with E-state index in [-0.39, 0.29) is 10.6 Å². The molecule has 0 saturated carbocycles. The van der Waals surface area contributed by atoms with Crippen LogP contribution in [0.5, 0.6) is 0 Å². The molecule has 23 heavy (non-hydrogen) atoms. The first-order valence-electron chi connectivity index (χ1n) is 6.53. The number of sulfonamides is 1. The monoisotopic (exact) mass is 334 g/mol. The maximum atomic E-state index is 12.2. The fourth-order valence-electron chi connectivity index (χ4n) is 1.79. The van der Waals surface area contributed by atoms with Crippen LogP contribution in [0.3, 0.4) is 0 Å². The van der Waals surface area contributed by atoms with Crippen molar-refractivity contribution in [2.75, 3.05) is 0 Å². The van der Waals surface area contributed by atoms with Crippen molar-refractivity contribution in [3.05, 3.63) is 64.0 Å². The lowest BCUT2D eigenvalue weighted by Crippen LogP contribution is -2.20. The summed E-state index contributed by atoms with van der Waals surface area (Å²) in [5.74, 6) is 0. The van der Waals surface area contributed by atoms with E-state index in [1.54, 1.807) is 31.5 Å². The van der Waals surface area contributed by atoms with Gasteiger partial charge < -0.3 is 0 Å². The highest BCUT2D eigenvalue weighted by atomic mass is 32.2. The molecule has 0 radical (unpaired) electrons. The molecule has 0 fully saturated rings. The van der Waals surface area contributed by atoms with Crippen LogP contribution in [-0.2, 0) is 10.0 Å². The number of rotatable bonds is 5. The zero-order valence-corrected chi connectivity index (χ0v) is 13.2. The summed E-state index contributed by atoms with van der Waals surface area (Å²) in [6.07, 6.45) is 3.12. The summed E-state index contributed by atoms with van der Waals surface area (Å²) in [5.41, 5.74) is 1.27. The number of nitrogens with zero attached hydrogens (tertiary/aromatic N) is 3. The molecule has 0 saturated heterocycles. The van der Waals surface area contributed by atoms with Crippen LogP contribution < -0.4 is 4.83 Å². The lowest BCUT2D eigenvalue weighted by Gasteiger charge is -2.06. The van der Waals surface area contributed by atoms with Gasteiger partial charge in [-0.1, -0.05) is 6.07 Å². The fourth-order valence-corrected chi connectivity index (χ4v) is 2.67. The molecule has 0 aliphatic heterocycles. The van der Waals surface area contributed by atoms with Gasteiger partial charge in [0.05, 0.1) is 15.5 Å². The van der Waals surface area contributed by atoms with E-state index in [1.165, 1.54) is 19.1 Å². The summed E-state index contributed by atoms with van der Waals surface area (Å²) in [6.45, 7) is 3.17. The van der Waals surface area contributed by atoms with Gasteiger partial charge in [0.1, 0.15) is 0 Å². The molecule has 1 aromatic heterocycles. The molecule has 0 unspecified atom stereocenters. The molecule has 2 aromatic rings. The second-order valence-electron chi connectivity index (χ2n) is 4.73. The first-order chi connectivity index (χ1) is 10.8. The number of aryl methyl sites for hydroxylation is 1. The van der Waals surface area contributed by atoms with Gasteiger partial charge in [0.25, 0.3) is 15.7 Å². The van der Waals surface area contributed by atoms with Crippen molar-refractivity contribution in [2.24, 2.45) is 5.10 Å². The highest BCUT2D eigenvalue weighted by molar-refractivity contribution is 7.89. The van der Waals surface area contributed by atoms with Gasteiger partial charge in [-0.2, -0.15) is 18.4 Å². The van der Waals surface area contributed by atoms with Crippen LogP contribution in [-0.4, -0.2) is 24.0 Å². The average molecular weight is 334 g/mol. The Balaban J connectivity index is 2.29. The van der Waals surface area contributed by atoms with Gasteiger partial charge in [0.2, 0.25) is 0 Å². The Hall–Kier alpha value is -2.81. The molecule has 1 N–H and O–H groups in total. The third-order valence-electron chi connectivity index (χ3n) is 3.12. The standard InChI is InChI=1S/C14H14N4O4S/c1-10-3-4-13(9-14(10)18(19)20)23(21,22)17-16-11(2)12-5-7-15-8-6-12/h3-9,17H,1-2H3/b16-11-. The summed E-state index contributed by atoms with van der Waals surface area (Å²) in [5, 5.41) is 14.7. The minimum Gasteiger partial charge on any atom is -0.265 e. The number of nitro groups is 1. The number of pyridine rings is 1. The van der Waals surface area contributed by atoms with Crippen LogP contribution in [0, 0.1) is 17.0 Å². The van der Waals surface area contributed by atoms with E-state index in [9.17, 15) is 18.5 Å². The molecule has 0 bridgehead atoms. The predicted octanol–water partition coefficient (Wildman–Crippen LogP) is 2.00. The molecule has 0 spiro atoms. The van der Waals surface area contributed by atoms with Crippen molar-refractivity contribution in [1.82, 2.24) is 9.82 Å². The number of hydrazone groups is 1. The van der Waals surface area contributed by atoms with Crippen molar-refractivity contribution in [1.29, 1.82) is 0 Å². The second-order valence-corrected chi connectivity index (χ2v) is 6.39. The fraction of sp³-hybridized carbons (Fsp3) is 0.143. The summed E-state index contributed by atoms with van der Waals surface area (Å²) >= 11 is 0. The van der Waals surface area contributed by atoms with Crippen molar-refractivity contribution in [2.45, 2.75) is 18.7 Å². The molecule has 2 rings (SSSR count).